The van der Waals surface area contributed by atoms with Crippen molar-refractivity contribution in [3.63, 3.8) is 0 Å². The van der Waals surface area contributed by atoms with Crippen LogP contribution in [-0.2, 0) is 19.7 Å². The van der Waals surface area contributed by atoms with E-state index < -0.39 is 17.7 Å². The normalized spacial score (nSPS) is 17.5. The molecule has 200 valence electrons. The molecular formula is C30H39NO6. The Hall–Kier alpha value is -3.32. The molecule has 2 aromatic carbocycles. The van der Waals surface area contributed by atoms with Crippen LogP contribution in [0.3, 0.4) is 0 Å². The molecule has 1 heterocycles. The highest BCUT2D eigenvalue weighted by Crippen LogP contribution is 2.44. The maximum atomic E-state index is 13.4. The molecule has 1 unspecified atom stereocenters. The SMILES string of the molecule is CCOc1ccc(/C(O)=C2\C(=O)C(=O)N(CCCOC)C2c2ccccc2OC(C)C)cc1C(C)(C)C. The highest BCUT2D eigenvalue weighted by Gasteiger charge is 2.47. The van der Waals surface area contributed by atoms with E-state index in [1.807, 2.05) is 51.1 Å². The molecule has 0 saturated carbocycles. The molecule has 0 bridgehead atoms. The smallest absolute Gasteiger partial charge is 0.295 e. The largest absolute Gasteiger partial charge is 0.507 e. The van der Waals surface area contributed by atoms with E-state index in [0.29, 0.717) is 43.1 Å². The van der Waals surface area contributed by atoms with Crippen LogP contribution in [0.2, 0.25) is 0 Å². The molecule has 7 nitrogen and oxygen atoms in total. The molecular weight excluding hydrogens is 470 g/mol. The third-order valence-electron chi connectivity index (χ3n) is 6.22. The lowest BCUT2D eigenvalue weighted by atomic mass is 9.84. The van der Waals surface area contributed by atoms with Gasteiger partial charge in [0.15, 0.2) is 0 Å². The summed E-state index contributed by atoms with van der Waals surface area (Å²) in [5, 5.41) is 11.6. The van der Waals surface area contributed by atoms with Gasteiger partial charge in [-0.3, -0.25) is 9.59 Å². The Bertz CT molecular complexity index is 1160. The van der Waals surface area contributed by atoms with Crippen molar-refractivity contribution in [2.24, 2.45) is 0 Å². The number of aliphatic hydroxyl groups excluding tert-OH is 1. The number of hydrogen-bond donors (Lipinski definition) is 1. The number of rotatable bonds is 10. The van der Waals surface area contributed by atoms with Gasteiger partial charge in [0.05, 0.1) is 24.3 Å². The Balaban J connectivity index is 2.23. The van der Waals surface area contributed by atoms with Crippen molar-refractivity contribution in [3.8, 4) is 11.5 Å². The molecule has 0 aliphatic carbocycles. The van der Waals surface area contributed by atoms with Crippen molar-refractivity contribution in [3.05, 3.63) is 64.7 Å². The summed E-state index contributed by atoms with van der Waals surface area (Å²) in [5.41, 5.74) is 1.77. The van der Waals surface area contributed by atoms with Gasteiger partial charge >= 0.3 is 0 Å². The van der Waals surface area contributed by atoms with Crippen LogP contribution in [0.5, 0.6) is 11.5 Å². The fourth-order valence-corrected chi connectivity index (χ4v) is 4.58. The first kappa shape index (κ1) is 28.3. The number of methoxy groups -OCH3 is 1. The summed E-state index contributed by atoms with van der Waals surface area (Å²) in [5.74, 6) is -0.298. The van der Waals surface area contributed by atoms with Gasteiger partial charge < -0.3 is 24.2 Å². The van der Waals surface area contributed by atoms with Gasteiger partial charge in [0, 0.05) is 37.0 Å². The van der Waals surface area contributed by atoms with Gasteiger partial charge in [-0.15, -0.1) is 0 Å². The van der Waals surface area contributed by atoms with Crippen molar-refractivity contribution < 1.29 is 28.9 Å². The molecule has 1 aliphatic rings. The Kier molecular flexibility index (Phi) is 9.02. The van der Waals surface area contributed by atoms with Gasteiger partial charge in [0.2, 0.25) is 0 Å². The second kappa shape index (κ2) is 11.8. The van der Waals surface area contributed by atoms with Crippen LogP contribution in [-0.4, -0.2) is 54.7 Å². The number of hydrogen-bond acceptors (Lipinski definition) is 6. The van der Waals surface area contributed by atoms with Crippen LogP contribution in [0.1, 0.15) is 70.7 Å². The van der Waals surface area contributed by atoms with E-state index in [9.17, 15) is 14.7 Å². The lowest BCUT2D eigenvalue weighted by Crippen LogP contribution is -2.31. The Labute approximate surface area is 220 Å². The fourth-order valence-electron chi connectivity index (χ4n) is 4.58. The molecule has 2 aromatic rings. The summed E-state index contributed by atoms with van der Waals surface area (Å²) in [4.78, 5) is 28.2. The summed E-state index contributed by atoms with van der Waals surface area (Å²) in [6, 6.07) is 11.9. The van der Waals surface area contributed by atoms with Crippen LogP contribution in [0.25, 0.3) is 5.76 Å². The van der Waals surface area contributed by atoms with Gasteiger partial charge in [-0.25, -0.2) is 0 Å². The average molecular weight is 510 g/mol. The number of nitrogens with zero attached hydrogens (tertiary/aromatic N) is 1. The zero-order valence-electron chi connectivity index (χ0n) is 23.0. The number of ketones is 1. The predicted octanol–water partition coefficient (Wildman–Crippen LogP) is 5.63. The van der Waals surface area contributed by atoms with E-state index >= 15 is 0 Å². The van der Waals surface area contributed by atoms with Gasteiger partial charge in [0.25, 0.3) is 11.7 Å². The van der Waals surface area contributed by atoms with Gasteiger partial charge in [0.1, 0.15) is 17.3 Å². The lowest BCUT2D eigenvalue weighted by molar-refractivity contribution is -0.140. The molecule has 1 N–H and O–H groups in total. The molecule has 0 radical (unpaired) electrons. The maximum Gasteiger partial charge on any atom is 0.295 e. The van der Waals surface area contributed by atoms with E-state index in [4.69, 9.17) is 14.2 Å². The molecule has 0 aromatic heterocycles. The Morgan fingerprint density at radius 1 is 1.08 bits per heavy atom. The quantitative estimate of drug-likeness (QED) is 0.193. The summed E-state index contributed by atoms with van der Waals surface area (Å²) >= 11 is 0. The molecule has 1 fully saturated rings. The van der Waals surface area contributed by atoms with Crippen molar-refractivity contribution in [2.45, 2.75) is 65.5 Å². The van der Waals surface area contributed by atoms with Crippen molar-refractivity contribution in [1.29, 1.82) is 0 Å². The second-order valence-corrected chi connectivity index (χ2v) is 10.4. The fraction of sp³-hybridized carbons (Fsp3) is 0.467. The molecule has 0 spiro atoms. The number of carbonyl (C=O) groups excluding carboxylic acids is 2. The number of likely N-dealkylation sites (tertiary alicyclic amines) is 1. The first-order valence-electron chi connectivity index (χ1n) is 12.8. The summed E-state index contributed by atoms with van der Waals surface area (Å²) < 4.78 is 17.0. The molecule has 7 heteroatoms. The number of Topliss-reactive ketones (excluding diaryl/α,β-unsaturated/α-hetero) is 1. The van der Waals surface area contributed by atoms with E-state index in [1.165, 1.54) is 4.90 Å². The van der Waals surface area contributed by atoms with Crippen LogP contribution < -0.4 is 9.47 Å². The van der Waals surface area contributed by atoms with Gasteiger partial charge in [-0.1, -0.05) is 39.0 Å². The zero-order valence-corrected chi connectivity index (χ0v) is 23.0. The Morgan fingerprint density at radius 3 is 2.41 bits per heavy atom. The highest BCUT2D eigenvalue weighted by atomic mass is 16.5. The van der Waals surface area contributed by atoms with Crippen molar-refractivity contribution in [2.75, 3.05) is 26.9 Å². The first-order valence-corrected chi connectivity index (χ1v) is 12.8. The van der Waals surface area contributed by atoms with E-state index in [1.54, 1.807) is 19.2 Å². The Morgan fingerprint density at radius 2 is 1.78 bits per heavy atom. The van der Waals surface area contributed by atoms with Gasteiger partial charge in [-0.2, -0.15) is 0 Å². The third kappa shape index (κ3) is 6.16. The minimum atomic E-state index is -0.795. The minimum absolute atomic E-state index is 0.0474. The summed E-state index contributed by atoms with van der Waals surface area (Å²) in [7, 11) is 1.59. The number of amides is 1. The van der Waals surface area contributed by atoms with Crippen LogP contribution in [0.15, 0.2) is 48.0 Å². The van der Waals surface area contributed by atoms with Crippen LogP contribution in [0, 0.1) is 0 Å². The number of carbonyl (C=O) groups is 2. The average Bonchev–Trinajstić information content (AvgIpc) is 3.08. The lowest BCUT2D eigenvalue weighted by Gasteiger charge is -2.27. The number of benzene rings is 2. The standard InChI is InChI=1S/C30H39NO6/c1-8-36-24-15-14-20(18-22(24)30(4,5)6)27(32)25-26(21-12-9-10-13-23(21)37-19(2)3)31(16-11-17-35-7)29(34)28(25)33/h9-10,12-15,18-19,26,32H,8,11,16-17H2,1-7H3/b27-25+. The molecule has 3 rings (SSSR count). The topological polar surface area (TPSA) is 85.3 Å². The van der Waals surface area contributed by atoms with E-state index in [2.05, 4.69) is 20.8 Å². The predicted molar refractivity (Wildman–Crippen MR) is 144 cm³/mol. The van der Waals surface area contributed by atoms with Crippen LogP contribution >= 0.6 is 0 Å². The number of aliphatic hydroxyl groups is 1. The maximum absolute atomic E-state index is 13.4. The van der Waals surface area contributed by atoms with Crippen molar-refractivity contribution in [1.82, 2.24) is 4.90 Å². The van der Waals surface area contributed by atoms with Crippen molar-refractivity contribution >= 4 is 17.4 Å². The zero-order chi connectivity index (χ0) is 27.3. The van der Waals surface area contributed by atoms with Crippen LogP contribution in [0.4, 0.5) is 0 Å². The molecule has 1 amide bonds. The monoisotopic (exact) mass is 509 g/mol. The van der Waals surface area contributed by atoms with Gasteiger partial charge in [-0.05, 0) is 56.9 Å². The molecule has 37 heavy (non-hydrogen) atoms. The van der Waals surface area contributed by atoms with E-state index in [-0.39, 0.29) is 22.9 Å². The number of para-hydroxylation sites is 1. The molecule has 1 aliphatic heterocycles. The second-order valence-electron chi connectivity index (χ2n) is 10.4. The highest BCUT2D eigenvalue weighted by molar-refractivity contribution is 6.46. The minimum Gasteiger partial charge on any atom is -0.507 e. The summed E-state index contributed by atoms with van der Waals surface area (Å²) in [6.45, 7) is 13.2. The first-order chi connectivity index (χ1) is 17.5. The molecule has 1 atom stereocenters. The van der Waals surface area contributed by atoms with E-state index in [0.717, 1.165) is 11.3 Å². The number of ether oxygens (including phenoxy) is 3. The third-order valence-corrected chi connectivity index (χ3v) is 6.22. The summed E-state index contributed by atoms with van der Waals surface area (Å²) in [6.07, 6.45) is 0.433. The molecule has 1 saturated heterocycles.